The van der Waals surface area contributed by atoms with Gasteiger partial charge in [0.15, 0.2) is 11.5 Å². The van der Waals surface area contributed by atoms with Gasteiger partial charge in [-0.1, -0.05) is 30.3 Å². The second kappa shape index (κ2) is 9.34. The molecule has 204 valence electrons. The topological polar surface area (TPSA) is 110 Å². The lowest BCUT2D eigenvalue weighted by molar-refractivity contribution is -0.144. The molecule has 2 bridgehead atoms. The van der Waals surface area contributed by atoms with Crippen molar-refractivity contribution in [2.45, 2.75) is 25.3 Å². The number of pyridine rings is 1. The lowest BCUT2D eigenvalue weighted by atomic mass is 9.75. The third-order valence-corrected chi connectivity index (χ3v) is 8.48. The van der Waals surface area contributed by atoms with Crippen LogP contribution in [0, 0.1) is 11.3 Å². The van der Waals surface area contributed by atoms with E-state index in [1.165, 1.54) is 0 Å². The molecule has 3 aromatic rings. The van der Waals surface area contributed by atoms with Gasteiger partial charge in [-0.3, -0.25) is 19.7 Å². The van der Waals surface area contributed by atoms with Crippen molar-refractivity contribution in [3.8, 4) is 11.5 Å². The van der Waals surface area contributed by atoms with Gasteiger partial charge in [0.1, 0.15) is 5.41 Å². The summed E-state index contributed by atoms with van der Waals surface area (Å²) in [6.07, 6.45) is 1.02. The van der Waals surface area contributed by atoms with Gasteiger partial charge in [0.05, 0.1) is 5.69 Å². The first-order valence-corrected chi connectivity index (χ1v) is 13.5. The number of rotatable bonds is 5. The zero-order valence-electron chi connectivity index (χ0n) is 21.7. The van der Waals surface area contributed by atoms with Gasteiger partial charge in [-0.05, 0) is 54.7 Å². The number of nitrogens with zero attached hydrogens (tertiary/aromatic N) is 3. The number of aromatic nitrogens is 1. The van der Waals surface area contributed by atoms with Gasteiger partial charge in [0.2, 0.25) is 12.7 Å². The van der Waals surface area contributed by atoms with Crippen molar-refractivity contribution in [2.24, 2.45) is 11.3 Å². The number of urea groups is 1. The van der Waals surface area contributed by atoms with Gasteiger partial charge in [-0.2, -0.15) is 0 Å². The molecule has 10 nitrogen and oxygen atoms in total. The van der Waals surface area contributed by atoms with Crippen molar-refractivity contribution < 1.29 is 23.9 Å². The number of anilines is 1. The van der Waals surface area contributed by atoms with E-state index in [-0.39, 0.29) is 37.2 Å². The predicted molar refractivity (Wildman–Crippen MR) is 144 cm³/mol. The number of para-hydroxylation sites is 1. The summed E-state index contributed by atoms with van der Waals surface area (Å²) in [6, 6.07) is 18.7. The highest BCUT2D eigenvalue weighted by Crippen LogP contribution is 2.40. The predicted octanol–water partition coefficient (Wildman–Crippen LogP) is 2.51. The van der Waals surface area contributed by atoms with Crippen molar-refractivity contribution in [1.29, 1.82) is 0 Å². The number of carbonyl (C=O) groups excluding carboxylic acids is 3. The van der Waals surface area contributed by atoms with Crippen molar-refractivity contribution >= 4 is 23.5 Å². The highest BCUT2D eigenvalue weighted by Gasteiger charge is 2.56. The van der Waals surface area contributed by atoms with E-state index < -0.39 is 23.3 Å². The van der Waals surface area contributed by atoms with Crippen molar-refractivity contribution in [2.75, 3.05) is 31.3 Å². The summed E-state index contributed by atoms with van der Waals surface area (Å²) < 4.78 is 12.9. The average Bonchev–Trinajstić information content (AvgIpc) is 3.41. The summed E-state index contributed by atoms with van der Waals surface area (Å²) in [5, 5.41) is 2.48. The fourth-order valence-electron chi connectivity index (χ4n) is 6.74. The van der Waals surface area contributed by atoms with Gasteiger partial charge in [0, 0.05) is 43.9 Å². The number of barbiturate groups is 1. The third-order valence-electron chi connectivity index (χ3n) is 8.48. The van der Waals surface area contributed by atoms with E-state index in [0.29, 0.717) is 36.8 Å². The number of fused-ring (bicyclic) bond motifs is 5. The van der Waals surface area contributed by atoms with E-state index in [2.05, 4.69) is 10.2 Å². The monoisotopic (exact) mass is 540 g/mol. The molecule has 4 aliphatic heterocycles. The van der Waals surface area contributed by atoms with Gasteiger partial charge >= 0.3 is 6.03 Å². The SMILES string of the molecule is O=C1NC(=O)[C@@](Cc2ccc3c(c2)OCO3)(CN2C[C@@H]3C[C@@H](C2)c2cccc(=O)n2C3)C(=O)N1c1ccccc1. The first kappa shape index (κ1) is 24.6. The van der Waals surface area contributed by atoms with E-state index >= 15 is 0 Å². The van der Waals surface area contributed by atoms with Crippen LogP contribution in [0.1, 0.15) is 23.6 Å². The van der Waals surface area contributed by atoms with Crippen LogP contribution in [0.25, 0.3) is 0 Å². The smallest absolute Gasteiger partial charge is 0.335 e. The van der Waals surface area contributed by atoms with Crippen LogP contribution in [0.15, 0.2) is 71.5 Å². The van der Waals surface area contributed by atoms with Crippen LogP contribution in [0.3, 0.4) is 0 Å². The van der Waals surface area contributed by atoms with Gasteiger partial charge < -0.3 is 18.9 Å². The van der Waals surface area contributed by atoms with Crippen LogP contribution in [0.2, 0.25) is 0 Å². The Kier molecular flexibility index (Phi) is 5.74. The Bertz CT molecular complexity index is 1590. The van der Waals surface area contributed by atoms with E-state index in [9.17, 15) is 19.2 Å². The van der Waals surface area contributed by atoms with Gasteiger partial charge in [0.25, 0.3) is 11.5 Å². The molecule has 0 aliphatic carbocycles. The third kappa shape index (κ3) is 3.98. The molecule has 40 heavy (non-hydrogen) atoms. The summed E-state index contributed by atoms with van der Waals surface area (Å²) in [5.74, 6) is 0.315. The van der Waals surface area contributed by atoms with Crippen LogP contribution < -0.4 is 25.2 Å². The molecule has 2 fully saturated rings. The fraction of sp³-hybridized carbons (Fsp3) is 0.333. The summed E-state index contributed by atoms with van der Waals surface area (Å²) >= 11 is 0. The molecule has 2 saturated heterocycles. The Morgan fingerprint density at radius 3 is 2.55 bits per heavy atom. The van der Waals surface area contributed by atoms with E-state index in [1.54, 1.807) is 54.6 Å². The minimum absolute atomic E-state index is 0.00113. The quantitative estimate of drug-likeness (QED) is 0.495. The summed E-state index contributed by atoms with van der Waals surface area (Å²) in [5.41, 5.74) is 0.539. The van der Waals surface area contributed by atoms with Crippen molar-refractivity contribution in [3.05, 3.63) is 88.3 Å². The Labute approximate surface area is 230 Å². The highest BCUT2D eigenvalue weighted by atomic mass is 16.7. The molecule has 2 aromatic carbocycles. The van der Waals surface area contributed by atoms with Crippen LogP contribution in [-0.2, 0) is 22.6 Å². The number of nitrogens with one attached hydrogen (secondary N) is 1. The molecule has 1 aromatic heterocycles. The zero-order chi connectivity index (χ0) is 27.4. The van der Waals surface area contributed by atoms with E-state index in [1.807, 2.05) is 16.7 Å². The number of carbonyl (C=O) groups is 3. The molecule has 7 rings (SSSR count). The Balaban J connectivity index is 1.27. The molecule has 0 radical (unpaired) electrons. The van der Waals surface area contributed by atoms with Gasteiger partial charge in [-0.25, -0.2) is 9.69 Å². The number of imide groups is 2. The molecular formula is C30H28N4O6. The van der Waals surface area contributed by atoms with Crippen molar-refractivity contribution in [3.63, 3.8) is 0 Å². The number of ether oxygens (including phenoxy) is 2. The second-order valence-electron chi connectivity index (χ2n) is 11.1. The number of hydrogen-bond donors (Lipinski definition) is 1. The minimum atomic E-state index is -1.57. The molecule has 4 aliphatic rings. The Morgan fingerprint density at radius 2 is 1.70 bits per heavy atom. The normalized spacial score (nSPS) is 25.5. The maximum atomic E-state index is 14.4. The van der Waals surface area contributed by atoms with Crippen molar-refractivity contribution in [1.82, 2.24) is 14.8 Å². The lowest BCUT2D eigenvalue weighted by Gasteiger charge is -2.47. The Hall–Kier alpha value is -4.44. The number of hydrogen-bond acceptors (Lipinski definition) is 7. The molecule has 0 spiro atoms. The zero-order valence-corrected chi connectivity index (χ0v) is 21.7. The second-order valence-corrected chi connectivity index (χ2v) is 11.1. The summed E-state index contributed by atoms with van der Waals surface area (Å²) in [4.78, 5) is 57.0. The van der Waals surface area contributed by atoms with Crippen LogP contribution in [-0.4, -0.2) is 53.7 Å². The standard InChI is InChI=1S/C30H28N4O6/c35-26-8-4-7-23-21-11-20(15-33(23)26)14-32(16-21)17-30(13-19-9-10-24-25(12-19)40-18-39-24)27(36)31-29(38)34(28(30)37)22-5-2-1-3-6-22/h1-10,12,20-21H,11,13-18H2,(H,31,36,38)/t20-,21-,30+/m0/s1. The van der Waals surface area contributed by atoms with Gasteiger partial charge in [-0.15, -0.1) is 0 Å². The largest absolute Gasteiger partial charge is 0.454 e. The highest BCUT2D eigenvalue weighted by molar-refractivity contribution is 6.30. The molecule has 1 N–H and O–H groups in total. The molecular weight excluding hydrogens is 512 g/mol. The molecule has 0 saturated carbocycles. The number of benzene rings is 2. The van der Waals surface area contributed by atoms with E-state index in [0.717, 1.165) is 22.6 Å². The number of likely N-dealkylation sites (tertiary alicyclic amines) is 1. The van der Waals surface area contributed by atoms with Crippen LogP contribution >= 0.6 is 0 Å². The van der Waals surface area contributed by atoms with Crippen LogP contribution in [0.4, 0.5) is 10.5 Å². The van der Waals surface area contributed by atoms with Crippen LogP contribution in [0.5, 0.6) is 11.5 Å². The molecule has 0 unspecified atom stereocenters. The lowest BCUT2D eigenvalue weighted by Crippen LogP contribution is -2.68. The fourth-order valence-corrected chi connectivity index (χ4v) is 6.74. The average molecular weight is 541 g/mol. The summed E-state index contributed by atoms with van der Waals surface area (Å²) in [7, 11) is 0. The summed E-state index contributed by atoms with van der Waals surface area (Å²) in [6.45, 7) is 2.09. The maximum absolute atomic E-state index is 14.4. The first-order valence-electron chi connectivity index (χ1n) is 13.5. The first-order chi connectivity index (χ1) is 19.4. The maximum Gasteiger partial charge on any atom is 0.335 e. The number of piperidine rings is 1. The molecule has 4 amide bonds. The Morgan fingerprint density at radius 1 is 0.875 bits per heavy atom. The van der Waals surface area contributed by atoms with E-state index in [4.69, 9.17) is 9.47 Å². The molecule has 10 heteroatoms. The molecule has 5 heterocycles. The number of amides is 4. The molecule has 3 atom stereocenters. The minimum Gasteiger partial charge on any atom is -0.454 e.